The summed E-state index contributed by atoms with van der Waals surface area (Å²) in [5, 5.41) is 0. The molecule has 0 aliphatic rings. The number of rotatable bonds is 14. The van der Waals surface area contributed by atoms with Gasteiger partial charge in [0.2, 0.25) is 0 Å². The Balaban J connectivity index is 3.30. The minimum atomic E-state index is 0.962. The fourth-order valence-electron chi connectivity index (χ4n) is 2.94. The maximum absolute atomic E-state index is 2.46. The molecular weight excluding hydrogens is 228 g/mol. The van der Waals surface area contributed by atoms with Crippen molar-refractivity contribution in [1.29, 1.82) is 0 Å². The normalized spacial score (nSPS) is 14.5. The summed E-state index contributed by atoms with van der Waals surface area (Å²) in [5.74, 6) is 1.92. The molecule has 0 heteroatoms. The van der Waals surface area contributed by atoms with Crippen molar-refractivity contribution in [3.8, 4) is 0 Å². The van der Waals surface area contributed by atoms with Crippen LogP contribution in [0.3, 0.4) is 0 Å². The lowest BCUT2D eigenvalue weighted by molar-refractivity contribution is 0.392. The third kappa shape index (κ3) is 14.2. The van der Waals surface area contributed by atoms with Crippen molar-refractivity contribution < 1.29 is 0 Å². The van der Waals surface area contributed by atoms with Crippen LogP contribution < -0.4 is 0 Å². The summed E-state index contributed by atoms with van der Waals surface area (Å²) >= 11 is 0. The molecule has 0 aliphatic carbocycles. The molecule has 0 heterocycles. The van der Waals surface area contributed by atoms with Gasteiger partial charge in [0, 0.05) is 0 Å². The van der Waals surface area contributed by atoms with Gasteiger partial charge in [-0.1, -0.05) is 111 Å². The van der Waals surface area contributed by atoms with E-state index < -0.39 is 0 Å². The van der Waals surface area contributed by atoms with Gasteiger partial charge in [-0.15, -0.1) is 0 Å². The van der Waals surface area contributed by atoms with Crippen molar-refractivity contribution in [2.75, 3.05) is 0 Å². The van der Waals surface area contributed by atoms with Crippen LogP contribution in [-0.4, -0.2) is 0 Å². The molecular formula is C19H40. The summed E-state index contributed by atoms with van der Waals surface area (Å²) < 4.78 is 0. The number of hydrogen-bond acceptors (Lipinski definition) is 0. The SMILES string of the molecule is CCCCCC[C@H](C)CCC[C@@H](C)CCCCCC. The summed E-state index contributed by atoms with van der Waals surface area (Å²) in [6.07, 6.45) is 18.7. The molecule has 0 saturated heterocycles. The van der Waals surface area contributed by atoms with Crippen LogP contribution in [0.2, 0.25) is 0 Å². The van der Waals surface area contributed by atoms with E-state index in [-0.39, 0.29) is 0 Å². The minimum Gasteiger partial charge on any atom is -0.0654 e. The second kappa shape index (κ2) is 14.4. The second-order valence-corrected chi connectivity index (χ2v) is 6.84. The van der Waals surface area contributed by atoms with Crippen LogP contribution in [0.1, 0.15) is 111 Å². The first kappa shape index (κ1) is 19.0. The van der Waals surface area contributed by atoms with Crippen molar-refractivity contribution in [2.45, 2.75) is 111 Å². The zero-order valence-corrected chi connectivity index (χ0v) is 14.3. The smallest absolute Gasteiger partial charge is 0.0443 e. The highest BCUT2D eigenvalue weighted by Gasteiger charge is 2.05. The highest BCUT2D eigenvalue weighted by molar-refractivity contribution is 4.59. The maximum Gasteiger partial charge on any atom is -0.0443 e. The average Bonchev–Trinajstić information content (AvgIpc) is 2.40. The molecule has 19 heavy (non-hydrogen) atoms. The summed E-state index contributed by atoms with van der Waals surface area (Å²) in [4.78, 5) is 0. The highest BCUT2D eigenvalue weighted by atomic mass is 14.1. The van der Waals surface area contributed by atoms with Crippen molar-refractivity contribution in [1.82, 2.24) is 0 Å². The van der Waals surface area contributed by atoms with Gasteiger partial charge in [-0.3, -0.25) is 0 Å². The van der Waals surface area contributed by atoms with Crippen LogP contribution in [0.15, 0.2) is 0 Å². The van der Waals surface area contributed by atoms with E-state index in [1.165, 1.54) is 83.5 Å². The number of unbranched alkanes of at least 4 members (excludes halogenated alkanes) is 6. The molecule has 0 spiro atoms. The quantitative estimate of drug-likeness (QED) is 0.288. The van der Waals surface area contributed by atoms with E-state index in [1.807, 2.05) is 0 Å². The van der Waals surface area contributed by atoms with Crippen molar-refractivity contribution in [3.05, 3.63) is 0 Å². The minimum absolute atomic E-state index is 0.962. The predicted molar refractivity (Wildman–Crippen MR) is 89.7 cm³/mol. The fourth-order valence-corrected chi connectivity index (χ4v) is 2.94. The van der Waals surface area contributed by atoms with Crippen molar-refractivity contribution in [3.63, 3.8) is 0 Å². The Bertz CT molecular complexity index is 143. The van der Waals surface area contributed by atoms with Gasteiger partial charge >= 0.3 is 0 Å². The predicted octanol–water partition coefficient (Wildman–Crippen LogP) is 7.37. The van der Waals surface area contributed by atoms with Crippen LogP contribution in [-0.2, 0) is 0 Å². The van der Waals surface area contributed by atoms with E-state index in [4.69, 9.17) is 0 Å². The van der Waals surface area contributed by atoms with Gasteiger partial charge in [-0.25, -0.2) is 0 Å². The van der Waals surface area contributed by atoms with Crippen LogP contribution in [0.5, 0.6) is 0 Å². The third-order valence-corrected chi connectivity index (χ3v) is 4.49. The lowest BCUT2D eigenvalue weighted by Crippen LogP contribution is -1.99. The van der Waals surface area contributed by atoms with Gasteiger partial charge in [0.15, 0.2) is 0 Å². The van der Waals surface area contributed by atoms with E-state index in [2.05, 4.69) is 27.7 Å². The van der Waals surface area contributed by atoms with Crippen LogP contribution in [0.25, 0.3) is 0 Å². The molecule has 0 rings (SSSR count). The molecule has 0 radical (unpaired) electrons. The molecule has 0 nitrogen and oxygen atoms in total. The average molecular weight is 269 g/mol. The zero-order valence-electron chi connectivity index (χ0n) is 14.3. The monoisotopic (exact) mass is 268 g/mol. The third-order valence-electron chi connectivity index (χ3n) is 4.49. The van der Waals surface area contributed by atoms with E-state index >= 15 is 0 Å². The molecule has 116 valence electrons. The van der Waals surface area contributed by atoms with Crippen molar-refractivity contribution >= 4 is 0 Å². The summed E-state index contributed by atoms with van der Waals surface area (Å²) in [5.41, 5.74) is 0. The molecule has 0 aromatic heterocycles. The Morgan fingerprint density at radius 3 is 1.21 bits per heavy atom. The maximum atomic E-state index is 2.46. The van der Waals surface area contributed by atoms with E-state index in [0.717, 1.165) is 11.8 Å². The molecule has 0 unspecified atom stereocenters. The van der Waals surface area contributed by atoms with Gasteiger partial charge < -0.3 is 0 Å². The Hall–Kier alpha value is 0. The molecule has 0 aromatic rings. The molecule has 0 N–H and O–H groups in total. The first-order chi connectivity index (χ1) is 9.20. The largest absolute Gasteiger partial charge is 0.0654 e. The van der Waals surface area contributed by atoms with Gasteiger partial charge in [-0.05, 0) is 11.8 Å². The molecule has 0 bridgehead atoms. The van der Waals surface area contributed by atoms with Crippen LogP contribution in [0, 0.1) is 11.8 Å². The Labute approximate surface area is 123 Å². The van der Waals surface area contributed by atoms with E-state index in [0.29, 0.717) is 0 Å². The van der Waals surface area contributed by atoms with E-state index in [1.54, 1.807) is 0 Å². The first-order valence-corrected chi connectivity index (χ1v) is 9.20. The second-order valence-electron chi connectivity index (χ2n) is 6.84. The summed E-state index contributed by atoms with van der Waals surface area (Å²) in [6, 6.07) is 0. The van der Waals surface area contributed by atoms with Gasteiger partial charge in [0.25, 0.3) is 0 Å². The Morgan fingerprint density at radius 2 is 0.842 bits per heavy atom. The Kier molecular flexibility index (Phi) is 14.4. The highest BCUT2D eigenvalue weighted by Crippen LogP contribution is 2.21. The molecule has 0 saturated carbocycles. The molecule has 0 aromatic carbocycles. The fraction of sp³-hybridized carbons (Fsp3) is 1.00. The Morgan fingerprint density at radius 1 is 0.474 bits per heavy atom. The summed E-state index contributed by atoms with van der Waals surface area (Å²) in [6.45, 7) is 9.51. The lowest BCUT2D eigenvalue weighted by Gasteiger charge is -2.14. The lowest BCUT2D eigenvalue weighted by atomic mass is 9.92. The standard InChI is InChI=1S/C19H40/c1-5-7-9-11-14-18(3)16-13-17-19(4)15-12-10-8-6-2/h18-19H,5-17H2,1-4H3/t18-,19-/m0/s1. The zero-order chi connectivity index (χ0) is 14.3. The van der Waals surface area contributed by atoms with Gasteiger partial charge in [-0.2, -0.15) is 0 Å². The topological polar surface area (TPSA) is 0 Å². The molecule has 2 atom stereocenters. The van der Waals surface area contributed by atoms with Crippen LogP contribution >= 0.6 is 0 Å². The van der Waals surface area contributed by atoms with Gasteiger partial charge in [0.05, 0.1) is 0 Å². The van der Waals surface area contributed by atoms with Crippen molar-refractivity contribution in [2.24, 2.45) is 11.8 Å². The van der Waals surface area contributed by atoms with Gasteiger partial charge in [0.1, 0.15) is 0 Å². The van der Waals surface area contributed by atoms with E-state index in [9.17, 15) is 0 Å². The molecule has 0 aliphatic heterocycles. The first-order valence-electron chi connectivity index (χ1n) is 9.20. The number of hydrogen-bond donors (Lipinski definition) is 0. The summed E-state index contributed by atoms with van der Waals surface area (Å²) in [7, 11) is 0. The van der Waals surface area contributed by atoms with Crippen LogP contribution in [0.4, 0.5) is 0 Å². The molecule has 0 fully saturated rings. The molecule has 0 amide bonds.